The first kappa shape index (κ1) is 21.1. The smallest absolute Gasteiger partial charge is 0.252 e. The van der Waals surface area contributed by atoms with E-state index in [0.29, 0.717) is 23.6 Å². The number of methoxy groups -OCH3 is 2. The maximum absolute atomic E-state index is 12.7. The third-order valence-electron chi connectivity index (χ3n) is 5.35. The summed E-state index contributed by atoms with van der Waals surface area (Å²) in [5.41, 5.74) is 0.564. The van der Waals surface area contributed by atoms with Crippen molar-refractivity contribution >= 4 is 11.8 Å². The van der Waals surface area contributed by atoms with Crippen LogP contribution in [-0.4, -0.2) is 38.6 Å². The topological polar surface area (TPSA) is 76.7 Å². The molecule has 6 heteroatoms. The van der Waals surface area contributed by atoms with Crippen LogP contribution in [-0.2, 0) is 4.79 Å². The van der Waals surface area contributed by atoms with Crippen LogP contribution >= 0.6 is 0 Å². The zero-order valence-electron chi connectivity index (χ0n) is 17.1. The largest absolute Gasteiger partial charge is 0.497 e. The third kappa shape index (κ3) is 5.62. The number of amides is 2. The number of carbonyl (C=O) groups is 2. The molecule has 0 heterocycles. The molecule has 150 valence electrons. The highest BCUT2D eigenvalue weighted by atomic mass is 16.5. The average molecular weight is 376 g/mol. The van der Waals surface area contributed by atoms with Crippen LogP contribution in [0.2, 0.25) is 0 Å². The lowest BCUT2D eigenvalue weighted by molar-refractivity contribution is -0.124. The summed E-state index contributed by atoms with van der Waals surface area (Å²) in [6.45, 7) is 6.71. The molecule has 1 aliphatic rings. The van der Waals surface area contributed by atoms with Gasteiger partial charge in [-0.3, -0.25) is 9.59 Å². The first-order valence-electron chi connectivity index (χ1n) is 9.59. The van der Waals surface area contributed by atoms with Crippen molar-refractivity contribution in [1.29, 1.82) is 0 Å². The standard InChI is InChI=1S/C21H32N2O4/c1-14(2)18(20(25)22-13-21(3)8-6-7-9-21)23-19(24)15-10-16(26-4)12-17(11-15)27-5/h10-12,14,18H,6-9,13H2,1-5H3,(H,22,25)(H,23,24). The highest BCUT2D eigenvalue weighted by molar-refractivity contribution is 5.98. The van der Waals surface area contributed by atoms with Crippen LogP contribution in [0.1, 0.15) is 56.8 Å². The molecule has 1 unspecified atom stereocenters. The van der Waals surface area contributed by atoms with Crippen LogP contribution in [0.4, 0.5) is 0 Å². The summed E-state index contributed by atoms with van der Waals surface area (Å²) < 4.78 is 10.4. The number of carbonyl (C=O) groups excluding carboxylic acids is 2. The summed E-state index contributed by atoms with van der Waals surface area (Å²) in [6.07, 6.45) is 4.70. The first-order valence-corrected chi connectivity index (χ1v) is 9.59. The quantitative estimate of drug-likeness (QED) is 0.731. The van der Waals surface area contributed by atoms with E-state index in [2.05, 4.69) is 17.6 Å². The Kier molecular flexibility index (Phi) is 7.11. The summed E-state index contributed by atoms with van der Waals surface area (Å²) in [6, 6.07) is 4.37. The van der Waals surface area contributed by atoms with E-state index in [9.17, 15) is 9.59 Å². The van der Waals surface area contributed by atoms with E-state index in [1.807, 2.05) is 13.8 Å². The Bertz CT molecular complexity index is 644. The highest BCUT2D eigenvalue weighted by Gasteiger charge is 2.31. The molecule has 1 atom stereocenters. The molecule has 1 fully saturated rings. The van der Waals surface area contributed by atoms with Crippen molar-refractivity contribution in [2.24, 2.45) is 11.3 Å². The van der Waals surface area contributed by atoms with Crippen molar-refractivity contribution in [1.82, 2.24) is 10.6 Å². The van der Waals surface area contributed by atoms with Gasteiger partial charge in [-0.2, -0.15) is 0 Å². The number of ether oxygens (including phenoxy) is 2. The van der Waals surface area contributed by atoms with Crippen LogP contribution in [0.5, 0.6) is 11.5 Å². The predicted molar refractivity (Wildman–Crippen MR) is 105 cm³/mol. The van der Waals surface area contributed by atoms with Gasteiger partial charge in [0.1, 0.15) is 17.5 Å². The number of hydrogen-bond acceptors (Lipinski definition) is 4. The van der Waals surface area contributed by atoms with Gasteiger partial charge in [-0.1, -0.05) is 33.6 Å². The van der Waals surface area contributed by atoms with Gasteiger partial charge in [0.2, 0.25) is 5.91 Å². The molecule has 6 nitrogen and oxygen atoms in total. The molecule has 2 N–H and O–H groups in total. The molecule has 0 aromatic heterocycles. The Labute approximate surface area is 162 Å². The van der Waals surface area contributed by atoms with E-state index >= 15 is 0 Å². The van der Waals surface area contributed by atoms with E-state index in [-0.39, 0.29) is 23.1 Å². The van der Waals surface area contributed by atoms with Gasteiger partial charge >= 0.3 is 0 Å². The van der Waals surface area contributed by atoms with Gasteiger partial charge in [0, 0.05) is 18.2 Å². The fourth-order valence-electron chi connectivity index (χ4n) is 3.51. The summed E-state index contributed by atoms with van der Waals surface area (Å²) >= 11 is 0. The SMILES string of the molecule is COc1cc(OC)cc(C(=O)NC(C(=O)NCC2(C)CCCC2)C(C)C)c1. The summed E-state index contributed by atoms with van der Waals surface area (Å²) in [7, 11) is 3.06. The fraction of sp³-hybridized carbons (Fsp3) is 0.619. The Balaban J connectivity index is 2.06. The fourth-order valence-corrected chi connectivity index (χ4v) is 3.51. The van der Waals surface area contributed by atoms with Crippen molar-refractivity contribution in [3.63, 3.8) is 0 Å². The van der Waals surface area contributed by atoms with Gasteiger partial charge in [0.05, 0.1) is 14.2 Å². The maximum Gasteiger partial charge on any atom is 0.252 e. The Morgan fingerprint density at radius 3 is 2.11 bits per heavy atom. The molecule has 0 bridgehead atoms. The lowest BCUT2D eigenvalue weighted by Crippen LogP contribution is -2.51. The van der Waals surface area contributed by atoms with Crippen LogP contribution in [0.25, 0.3) is 0 Å². The van der Waals surface area contributed by atoms with Gasteiger partial charge in [-0.05, 0) is 36.3 Å². The lowest BCUT2D eigenvalue weighted by Gasteiger charge is -2.27. The van der Waals surface area contributed by atoms with Crippen LogP contribution in [0, 0.1) is 11.3 Å². The van der Waals surface area contributed by atoms with E-state index < -0.39 is 6.04 Å². The monoisotopic (exact) mass is 376 g/mol. The second-order valence-corrected chi connectivity index (χ2v) is 8.03. The van der Waals surface area contributed by atoms with Crippen molar-refractivity contribution in [3.05, 3.63) is 23.8 Å². The Hall–Kier alpha value is -2.24. The van der Waals surface area contributed by atoms with E-state index in [0.717, 1.165) is 12.8 Å². The van der Waals surface area contributed by atoms with E-state index in [1.165, 1.54) is 27.1 Å². The zero-order chi connectivity index (χ0) is 20.0. The van der Waals surface area contributed by atoms with Crippen LogP contribution in [0.15, 0.2) is 18.2 Å². The number of rotatable bonds is 8. The molecule has 1 saturated carbocycles. The second-order valence-electron chi connectivity index (χ2n) is 8.03. The molecular formula is C21H32N2O4. The van der Waals surface area contributed by atoms with Crippen molar-refractivity contribution in [2.75, 3.05) is 20.8 Å². The van der Waals surface area contributed by atoms with Crippen LogP contribution < -0.4 is 20.1 Å². The van der Waals surface area contributed by atoms with Gasteiger partial charge in [-0.15, -0.1) is 0 Å². The molecule has 1 aromatic carbocycles. The normalized spacial score (nSPS) is 16.7. The second kappa shape index (κ2) is 9.11. The molecule has 2 amide bonds. The molecular weight excluding hydrogens is 344 g/mol. The van der Waals surface area contributed by atoms with Gasteiger partial charge in [-0.25, -0.2) is 0 Å². The predicted octanol–water partition coefficient (Wildman–Crippen LogP) is 3.15. The Morgan fingerprint density at radius 1 is 1.07 bits per heavy atom. The number of nitrogens with one attached hydrogen (secondary N) is 2. The first-order chi connectivity index (χ1) is 12.8. The van der Waals surface area contributed by atoms with E-state index in [4.69, 9.17) is 9.47 Å². The van der Waals surface area contributed by atoms with Gasteiger partial charge < -0.3 is 20.1 Å². The average Bonchev–Trinajstić information content (AvgIpc) is 3.10. The van der Waals surface area contributed by atoms with Gasteiger partial charge in [0.15, 0.2) is 0 Å². The van der Waals surface area contributed by atoms with Gasteiger partial charge in [0.25, 0.3) is 5.91 Å². The minimum atomic E-state index is -0.598. The van der Waals surface area contributed by atoms with Crippen molar-refractivity contribution < 1.29 is 19.1 Å². The minimum Gasteiger partial charge on any atom is -0.497 e. The molecule has 2 rings (SSSR count). The van der Waals surface area contributed by atoms with Crippen molar-refractivity contribution in [2.45, 2.75) is 52.5 Å². The maximum atomic E-state index is 12.7. The highest BCUT2D eigenvalue weighted by Crippen LogP contribution is 2.36. The molecule has 0 saturated heterocycles. The number of benzene rings is 1. The van der Waals surface area contributed by atoms with Crippen LogP contribution in [0.3, 0.4) is 0 Å². The minimum absolute atomic E-state index is 0.0298. The lowest BCUT2D eigenvalue weighted by atomic mass is 9.88. The van der Waals surface area contributed by atoms with E-state index in [1.54, 1.807) is 18.2 Å². The summed E-state index contributed by atoms with van der Waals surface area (Å²) in [5, 5.41) is 5.91. The molecule has 1 aliphatic carbocycles. The summed E-state index contributed by atoms with van der Waals surface area (Å²) in [4.78, 5) is 25.4. The molecule has 1 aromatic rings. The molecule has 27 heavy (non-hydrogen) atoms. The Morgan fingerprint density at radius 2 is 1.63 bits per heavy atom. The third-order valence-corrected chi connectivity index (χ3v) is 5.35. The van der Waals surface area contributed by atoms with Crippen molar-refractivity contribution in [3.8, 4) is 11.5 Å². The summed E-state index contributed by atoms with van der Waals surface area (Å²) in [5.74, 6) is 0.561. The molecule has 0 spiro atoms. The zero-order valence-corrected chi connectivity index (χ0v) is 17.1. The molecule has 0 radical (unpaired) electrons. The molecule has 0 aliphatic heterocycles. The number of hydrogen-bond donors (Lipinski definition) is 2.